The van der Waals surface area contributed by atoms with E-state index in [4.69, 9.17) is 9.72 Å². The van der Waals surface area contributed by atoms with Crippen LogP contribution in [0.15, 0.2) is 36.7 Å². The minimum absolute atomic E-state index is 0.0816. The second-order valence-electron chi connectivity index (χ2n) is 10.3. The van der Waals surface area contributed by atoms with Crippen LogP contribution in [0.1, 0.15) is 49.5 Å². The van der Waals surface area contributed by atoms with Crippen molar-refractivity contribution in [3.63, 3.8) is 0 Å². The van der Waals surface area contributed by atoms with Crippen LogP contribution in [0.25, 0.3) is 27.0 Å². The van der Waals surface area contributed by atoms with Gasteiger partial charge in [-0.15, -0.1) is 11.3 Å². The van der Waals surface area contributed by atoms with Crippen molar-refractivity contribution in [1.82, 2.24) is 25.1 Å². The van der Waals surface area contributed by atoms with Crippen molar-refractivity contribution in [2.75, 3.05) is 32.8 Å². The monoisotopic (exact) mass is 505 g/mol. The third-order valence-corrected chi connectivity index (χ3v) is 8.95. The summed E-state index contributed by atoms with van der Waals surface area (Å²) in [4.78, 5) is 28.0. The van der Waals surface area contributed by atoms with Crippen LogP contribution >= 0.6 is 11.3 Å². The summed E-state index contributed by atoms with van der Waals surface area (Å²) in [5.41, 5.74) is 4.56. The number of fused-ring (bicyclic) bond motifs is 1. The molecule has 36 heavy (non-hydrogen) atoms. The molecule has 0 spiro atoms. The molecule has 3 aromatic rings. The number of nitrogens with one attached hydrogen (secondary N) is 2. The Labute approximate surface area is 216 Å². The number of ether oxygens (including phenoxy) is 1. The summed E-state index contributed by atoms with van der Waals surface area (Å²) >= 11 is 1.85. The first-order chi connectivity index (χ1) is 17.6. The molecule has 1 aliphatic carbocycles. The second kappa shape index (κ2) is 10.4. The van der Waals surface area contributed by atoms with E-state index in [1.54, 1.807) is 0 Å². The minimum Gasteiger partial charge on any atom is -0.379 e. The third-order valence-electron chi connectivity index (χ3n) is 7.83. The molecular weight excluding hydrogens is 470 g/mol. The van der Waals surface area contributed by atoms with E-state index < -0.39 is 0 Å². The molecule has 0 aromatic carbocycles. The predicted octanol–water partition coefficient (Wildman–Crippen LogP) is 5.25. The molecule has 8 heteroatoms. The van der Waals surface area contributed by atoms with Crippen LogP contribution in [0.3, 0.4) is 0 Å². The number of nitrogens with zero attached hydrogens (tertiary/aromatic N) is 3. The van der Waals surface area contributed by atoms with Gasteiger partial charge >= 0.3 is 6.03 Å². The molecule has 2 amide bonds. The van der Waals surface area contributed by atoms with E-state index in [0.29, 0.717) is 12.6 Å². The van der Waals surface area contributed by atoms with Gasteiger partial charge in [-0.3, -0.25) is 4.90 Å². The Morgan fingerprint density at radius 3 is 2.89 bits per heavy atom. The predicted molar refractivity (Wildman–Crippen MR) is 145 cm³/mol. The fourth-order valence-corrected chi connectivity index (χ4v) is 6.76. The maximum Gasteiger partial charge on any atom is 0.318 e. The van der Waals surface area contributed by atoms with Crippen LogP contribution in [-0.4, -0.2) is 70.7 Å². The van der Waals surface area contributed by atoms with Gasteiger partial charge < -0.3 is 19.9 Å². The molecule has 1 unspecified atom stereocenters. The van der Waals surface area contributed by atoms with Gasteiger partial charge in [-0.2, -0.15) is 0 Å². The van der Waals surface area contributed by atoms with Crippen LogP contribution in [-0.2, 0) is 11.3 Å². The van der Waals surface area contributed by atoms with Crippen molar-refractivity contribution >= 4 is 34.0 Å². The number of amides is 2. The van der Waals surface area contributed by atoms with Crippen LogP contribution < -0.4 is 5.32 Å². The van der Waals surface area contributed by atoms with Crippen molar-refractivity contribution in [3.8, 4) is 10.4 Å². The molecule has 5 heterocycles. The highest BCUT2D eigenvalue weighted by molar-refractivity contribution is 7.15. The molecule has 0 bridgehead atoms. The highest BCUT2D eigenvalue weighted by Crippen LogP contribution is 2.35. The van der Waals surface area contributed by atoms with Gasteiger partial charge in [0.2, 0.25) is 0 Å². The Kier molecular flexibility index (Phi) is 6.82. The quantitative estimate of drug-likeness (QED) is 0.497. The molecule has 0 radical (unpaired) electrons. The summed E-state index contributed by atoms with van der Waals surface area (Å²) in [6, 6.07) is 7.32. The molecule has 2 aliphatic heterocycles. The Balaban J connectivity index is 1.19. The summed E-state index contributed by atoms with van der Waals surface area (Å²) in [5.74, 6) is 0. The lowest BCUT2D eigenvalue weighted by Crippen LogP contribution is -2.49. The molecule has 190 valence electrons. The van der Waals surface area contributed by atoms with Crippen molar-refractivity contribution in [2.24, 2.45) is 0 Å². The SMILES string of the molecule is CC1CC(c2c[nH]c3ncc(-c4ccc(CN5CCOCC5)s4)cc23)=CCN1C(=O)NC1CCCC1. The van der Waals surface area contributed by atoms with Gasteiger partial charge in [-0.1, -0.05) is 18.9 Å². The van der Waals surface area contributed by atoms with Gasteiger partial charge in [0.15, 0.2) is 0 Å². The Morgan fingerprint density at radius 2 is 2.08 bits per heavy atom. The molecule has 3 aliphatic rings. The zero-order valence-electron chi connectivity index (χ0n) is 21.0. The Morgan fingerprint density at radius 1 is 1.25 bits per heavy atom. The fraction of sp³-hybridized carbons (Fsp3) is 0.500. The van der Waals surface area contributed by atoms with Gasteiger partial charge in [0, 0.05) is 76.9 Å². The summed E-state index contributed by atoms with van der Waals surface area (Å²) in [5, 5.41) is 4.40. The molecule has 1 atom stereocenters. The lowest BCUT2D eigenvalue weighted by molar-refractivity contribution is 0.0346. The van der Waals surface area contributed by atoms with Crippen molar-refractivity contribution in [1.29, 1.82) is 0 Å². The van der Waals surface area contributed by atoms with Gasteiger partial charge in [-0.05, 0) is 50.0 Å². The number of hydrogen-bond donors (Lipinski definition) is 2. The van der Waals surface area contributed by atoms with E-state index in [1.165, 1.54) is 33.7 Å². The number of urea groups is 1. The highest BCUT2D eigenvalue weighted by atomic mass is 32.1. The summed E-state index contributed by atoms with van der Waals surface area (Å²) in [7, 11) is 0. The number of thiophene rings is 1. The van der Waals surface area contributed by atoms with E-state index in [9.17, 15) is 4.79 Å². The number of H-pyrrole nitrogens is 1. The first-order valence-corrected chi connectivity index (χ1v) is 14.1. The average molecular weight is 506 g/mol. The molecule has 6 rings (SSSR count). The number of carbonyl (C=O) groups is 1. The molecule has 1 saturated heterocycles. The van der Waals surface area contributed by atoms with Crippen LogP contribution in [0.5, 0.6) is 0 Å². The van der Waals surface area contributed by atoms with E-state index in [-0.39, 0.29) is 12.1 Å². The van der Waals surface area contributed by atoms with E-state index in [1.807, 2.05) is 22.4 Å². The van der Waals surface area contributed by atoms with Gasteiger partial charge in [0.1, 0.15) is 5.65 Å². The second-order valence-corrected chi connectivity index (χ2v) is 11.5. The van der Waals surface area contributed by atoms with Crippen molar-refractivity contribution < 1.29 is 9.53 Å². The van der Waals surface area contributed by atoms with E-state index in [2.05, 4.69) is 52.6 Å². The van der Waals surface area contributed by atoms with Gasteiger partial charge in [-0.25, -0.2) is 9.78 Å². The van der Waals surface area contributed by atoms with E-state index in [0.717, 1.165) is 68.7 Å². The van der Waals surface area contributed by atoms with Crippen molar-refractivity contribution in [3.05, 3.63) is 47.1 Å². The average Bonchev–Trinajstić information content (AvgIpc) is 3.65. The first kappa shape index (κ1) is 23.7. The number of aromatic nitrogens is 2. The largest absolute Gasteiger partial charge is 0.379 e. The Bertz CT molecular complexity index is 1250. The molecule has 1 saturated carbocycles. The zero-order valence-corrected chi connectivity index (χ0v) is 21.8. The number of pyridine rings is 1. The number of rotatable bonds is 5. The molecule has 2 N–H and O–H groups in total. The normalized spacial score (nSPS) is 21.8. The van der Waals surface area contributed by atoms with Crippen LogP contribution in [0, 0.1) is 0 Å². The maximum absolute atomic E-state index is 12.9. The number of aromatic amines is 1. The molecule has 2 fully saturated rings. The van der Waals surface area contributed by atoms with Crippen LogP contribution in [0.2, 0.25) is 0 Å². The minimum atomic E-state index is 0.0816. The number of carbonyl (C=O) groups excluding carboxylic acids is 1. The number of morpholine rings is 1. The van der Waals surface area contributed by atoms with Crippen molar-refractivity contribution in [2.45, 2.75) is 57.7 Å². The molecule has 3 aromatic heterocycles. The number of hydrogen-bond acceptors (Lipinski definition) is 5. The highest BCUT2D eigenvalue weighted by Gasteiger charge is 2.28. The zero-order chi connectivity index (χ0) is 24.5. The molecular formula is C28H35N5O2S. The van der Waals surface area contributed by atoms with Gasteiger partial charge in [0.05, 0.1) is 13.2 Å². The topological polar surface area (TPSA) is 73.5 Å². The lowest BCUT2D eigenvalue weighted by Gasteiger charge is -2.34. The third kappa shape index (κ3) is 4.94. The standard InChI is InChI=1S/C28H35N5O2S/c1-19-14-20(8-9-33(19)28(34)31-22-4-2-3-5-22)25-17-30-27-24(25)15-21(16-29-27)26-7-6-23(36-26)18-32-10-12-35-13-11-32/h6-8,15-17,19,22H,2-5,9-14,18H2,1H3,(H,29,30)(H,31,34). The Hall–Kier alpha value is -2.68. The maximum atomic E-state index is 12.9. The summed E-state index contributed by atoms with van der Waals surface area (Å²) in [6.45, 7) is 7.43. The first-order valence-electron chi connectivity index (χ1n) is 13.3. The smallest absolute Gasteiger partial charge is 0.318 e. The van der Waals surface area contributed by atoms with Crippen LogP contribution in [0.4, 0.5) is 4.79 Å². The lowest BCUT2D eigenvalue weighted by atomic mass is 9.94. The summed E-state index contributed by atoms with van der Waals surface area (Å²) in [6.07, 6.45) is 11.8. The van der Waals surface area contributed by atoms with E-state index >= 15 is 0 Å². The van der Waals surface area contributed by atoms with Gasteiger partial charge in [0.25, 0.3) is 0 Å². The molecule has 7 nitrogen and oxygen atoms in total. The summed E-state index contributed by atoms with van der Waals surface area (Å²) < 4.78 is 5.48. The fourth-order valence-electron chi connectivity index (χ4n) is 5.73.